The Balaban J connectivity index is 1.93. The summed E-state index contributed by atoms with van der Waals surface area (Å²) in [7, 11) is 1.75. The molecular formula is C25H25ClFN9O. The molecule has 1 aliphatic heterocycles. The molecule has 0 spiro atoms. The molecule has 3 heterocycles. The fraction of sp³-hybridized carbons (Fsp3) is 0.280. The van der Waals surface area contributed by atoms with Gasteiger partial charge in [-0.2, -0.15) is 5.26 Å². The smallest absolute Gasteiger partial charge is 0.267 e. The molecule has 12 heteroatoms. The van der Waals surface area contributed by atoms with E-state index < -0.39 is 23.6 Å². The van der Waals surface area contributed by atoms with Gasteiger partial charge in [-0.15, -0.1) is 0 Å². The first-order chi connectivity index (χ1) is 17.7. The van der Waals surface area contributed by atoms with E-state index in [1.54, 1.807) is 44.0 Å². The summed E-state index contributed by atoms with van der Waals surface area (Å²) in [5.41, 5.74) is 0.637. The molecule has 1 aliphatic rings. The van der Waals surface area contributed by atoms with E-state index in [1.807, 2.05) is 6.92 Å². The summed E-state index contributed by atoms with van der Waals surface area (Å²) >= 11 is 6.36. The van der Waals surface area contributed by atoms with Crippen LogP contribution in [-0.4, -0.2) is 51.9 Å². The van der Waals surface area contributed by atoms with Gasteiger partial charge in [-0.05, 0) is 39.6 Å². The summed E-state index contributed by atoms with van der Waals surface area (Å²) in [6, 6.07) is 6.49. The van der Waals surface area contributed by atoms with Crippen LogP contribution in [0.3, 0.4) is 0 Å². The van der Waals surface area contributed by atoms with E-state index in [2.05, 4.69) is 38.4 Å². The zero-order valence-corrected chi connectivity index (χ0v) is 21.5. The quantitative estimate of drug-likeness (QED) is 0.477. The first-order valence-corrected chi connectivity index (χ1v) is 11.8. The maximum absolute atomic E-state index is 14.5. The van der Waals surface area contributed by atoms with Gasteiger partial charge in [0.25, 0.3) is 5.56 Å². The van der Waals surface area contributed by atoms with E-state index in [1.165, 1.54) is 10.8 Å². The molecule has 0 saturated carbocycles. The SMILES string of the molecule is C=NC1C(C#N)=C(N[C@H](C)c2nc3cccc(Cl)c3c(=O)n2-c2cncc(F)c2C)NC(=NCC)N1C. The molecular weight excluding hydrogens is 497 g/mol. The average Bonchev–Trinajstić information content (AvgIpc) is 2.87. The van der Waals surface area contributed by atoms with E-state index >= 15 is 0 Å². The lowest BCUT2D eigenvalue weighted by Gasteiger charge is -2.35. The molecule has 1 unspecified atom stereocenters. The predicted octanol–water partition coefficient (Wildman–Crippen LogP) is 3.21. The van der Waals surface area contributed by atoms with Gasteiger partial charge in [-0.25, -0.2) is 9.37 Å². The highest BCUT2D eigenvalue weighted by Crippen LogP contribution is 2.26. The summed E-state index contributed by atoms with van der Waals surface area (Å²) in [6.45, 7) is 9.33. The van der Waals surface area contributed by atoms with Crippen molar-refractivity contribution in [1.82, 2.24) is 30.1 Å². The van der Waals surface area contributed by atoms with E-state index in [0.717, 1.165) is 6.20 Å². The molecule has 0 aliphatic carbocycles. The lowest BCUT2D eigenvalue weighted by atomic mass is 10.1. The van der Waals surface area contributed by atoms with Crippen LogP contribution in [0.25, 0.3) is 16.6 Å². The third-order valence-electron chi connectivity index (χ3n) is 6.06. The summed E-state index contributed by atoms with van der Waals surface area (Å²) in [4.78, 5) is 32.7. The van der Waals surface area contributed by atoms with Gasteiger partial charge in [0.15, 0.2) is 6.17 Å². The second kappa shape index (κ2) is 10.4. The highest BCUT2D eigenvalue weighted by Gasteiger charge is 2.32. The van der Waals surface area contributed by atoms with Crippen molar-refractivity contribution >= 4 is 35.2 Å². The molecule has 4 rings (SSSR count). The number of nitriles is 1. The Labute approximate surface area is 217 Å². The number of hydrogen-bond donors (Lipinski definition) is 2. The van der Waals surface area contributed by atoms with Crippen molar-refractivity contribution in [2.45, 2.75) is 33.0 Å². The van der Waals surface area contributed by atoms with Gasteiger partial charge in [0, 0.05) is 19.2 Å². The van der Waals surface area contributed by atoms with Crippen LogP contribution in [0.4, 0.5) is 4.39 Å². The van der Waals surface area contributed by atoms with Crippen molar-refractivity contribution in [3.63, 3.8) is 0 Å². The standard InChI is InChI=1S/C25H25ClFN9O/c1-6-31-25-34-21(15(10-28)23(29-4)35(25)5)32-14(3)22-33-18-9-7-8-16(26)20(18)24(37)36(22)19-12-30-11-17(27)13(19)2/h7-9,11-12,14,23,32H,4,6H2,1-3,5H3,(H,31,34)/t14-,23?/m1/s1. The van der Waals surface area contributed by atoms with Gasteiger partial charge in [0.2, 0.25) is 5.96 Å². The number of aromatic nitrogens is 3. The number of guanidine groups is 1. The Bertz CT molecular complexity index is 1560. The van der Waals surface area contributed by atoms with Crippen LogP contribution in [-0.2, 0) is 0 Å². The third kappa shape index (κ3) is 4.51. The Morgan fingerprint density at radius 2 is 2.16 bits per heavy atom. The van der Waals surface area contributed by atoms with E-state index in [-0.39, 0.29) is 33.1 Å². The summed E-state index contributed by atoms with van der Waals surface area (Å²) in [5.74, 6) is 0.535. The Morgan fingerprint density at radius 3 is 2.84 bits per heavy atom. The highest BCUT2D eigenvalue weighted by molar-refractivity contribution is 6.35. The monoisotopic (exact) mass is 521 g/mol. The van der Waals surface area contributed by atoms with Gasteiger partial charge in [-0.3, -0.25) is 24.3 Å². The minimum absolute atomic E-state index is 0.200. The Kier molecular flexibility index (Phi) is 7.22. The number of likely N-dealkylation sites (N-methyl/N-ethyl adjacent to an activating group) is 1. The van der Waals surface area contributed by atoms with E-state index in [9.17, 15) is 14.4 Å². The van der Waals surface area contributed by atoms with Crippen LogP contribution < -0.4 is 16.2 Å². The highest BCUT2D eigenvalue weighted by atomic mass is 35.5. The van der Waals surface area contributed by atoms with Crippen LogP contribution in [0.2, 0.25) is 5.02 Å². The number of halogens is 2. The van der Waals surface area contributed by atoms with Gasteiger partial charge in [0.1, 0.15) is 29.1 Å². The zero-order valence-electron chi connectivity index (χ0n) is 20.8. The van der Waals surface area contributed by atoms with Crippen molar-refractivity contribution in [1.29, 1.82) is 5.26 Å². The van der Waals surface area contributed by atoms with E-state index in [0.29, 0.717) is 23.8 Å². The maximum Gasteiger partial charge on any atom is 0.267 e. The molecule has 0 bridgehead atoms. The first kappa shape index (κ1) is 25.8. The van der Waals surface area contributed by atoms with Gasteiger partial charge >= 0.3 is 0 Å². The normalized spacial score (nSPS) is 17.5. The minimum atomic E-state index is -0.675. The van der Waals surface area contributed by atoms with Crippen LogP contribution in [0.1, 0.15) is 31.3 Å². The van der Waals surface area contributed by atoms with Gasteiger partial charge in [-0.1, -0.05) is 17.7 Å². The molecule has 10 nitrogen and oxygen atoms in total. The molecule has 2 N–H and O–H groups in total. The molecule has 3 aromatic rings. The molecule has 2 aromatic heterocycles. The fourth-order valence-electron chi connectivity index (χ4n) is 4.17. The number of benzene rings is 1. The first-order valence-electron chi connectivity index (χ1n) is 11.5. The van der Waals surface area contributed by atoms with Crippen molar-refractivity contribution in [3.05, 3.63) is 74.6 Å². The molecule has 2 atom stereocenters. The summed E-state index contributed by atoms with van der Waals surface area (Å²) < 4.78 is 15.8. The maximum atomic E-state index is 14.5. The largest absolute Gasteiger partial charge is 0.361 e. The minimum Gasteiger partial charge on any atom is -0.361 e. The molecule has 37 heavy (non-hydrogen) atoms. The average molecular weight is 522 g/mol. The Morgan fingerprint density at radius 1 is 1.41 bits per heavy atom. The third-order valence-corrected chi connectivity index (χ3v) is 6.37. The number of fused-ring (bicyclic) bond motifs is 1. The van der Waals surface area contributed by atoms with Crippen molar-refractivity contribution in [2.24, 2.45) is 9.98 Å². The number of hydrogen-bond acceptors (Lipinski definition) is 7. The lowest BCUT2D eigenvalue weighted by molar-refractivity contribution is 0.388. The number of aliphatic imine (C=N–C) groups is 2. The van der Waals surface area contributed by atoms with Crippen LogP contribution >= 0.6 is 11.6 Å². The Hall–Kier alpha value is -4.30. The van der Waals surface area contributed by atoms with E-state index in [4.69, 9.17) is 16.6 Å². The molecule has 1 aromatic carbocycles. The van der Waals surface area contributed by atoms with Gasteiger partial charge in [0.05, 0.1) is 40.0 Å². The molecule has 0 amide bonds. The number of rotatable bonds is 6. The number of nitrogens with zero attached hydrogens (tertiary/aromatic N) is 7. The summed E-state index contributed by atoms with van der Waals surface area (Å²) in [5, 5.41) is 16.7. The van der Waals surface area contributed by atoms with Crippen LogP contribution in [0.15, 0.2) is 56.8 Å². The number of pyridine rings is 1. The van der Waals surface area contributed by atoms with Crippen molar-refractivity contribution in [2.75, 3.05) is 13.6 Å². The topological polar surface area (TPSA) is 124 Å². The van der Waals surface area contributed by atoms with Crippen molar-refractivity contribution < 1.29 is 4.39 Å². The zero-order chi connectivity index (χ0) is 26.9. The molecule has 0 radical (unpaired) electrons. The van der Waals surface area contributed by atoms with Gasteiger partial charge < -0.3 is 15.5 Å². The predicted molar refractivity (Wildman–Crippen MR) is 141 cm³/mol. The molecule has 0 saturated heterocycles. The van der Waals surface area contributed by atoms with Crippen molar-refractivity contribution in [3.8, 4) is 11.8 Å². The second-order valence-corrected chi connectivity index (χ2v) is 8.77. The second-order valence-electron chi connectivity index (χ2n) is 8.37. The summed E-state index contributed by atoms with van der Waals surface area (Å²) in [6.07, 6.45) is 1.81. The fourth-order valence-corrected chi connectivity index (χ4v) is 4.42. The van der Waals surface area contributed by atoms with Crippen LogP contribution in [0, 0.1) is 24.1 Å². The molecule has 0 fully saturated rings. The number of nitrogens with one attached hydrogen (secondary N) is 2. The molecule has 190 valence electrons. The van der Waals surface area contributed by atoms with Crippen LogP contribution in [0.5, 0.6) is 0 Å². The lowest BCUT2D eigenvalue weighted by Crippen LogP contribution is -2.52.